The second-order valence-electron chi connectivity index (χ2n) is 4.74. The van der Waals surface area contributed by atoms with Gasteiger partial charge in [-0.25, -0.2) is 0 Å². The average Bonchev–Trinajstić information content (AvgIpc) is 2.27. The van der Waals surface area contributed by atoms with Crippen LogP contribution < -0.4 is 0 Å². The molecule has 1 aliphatic heterocycles. The highest BCUT2D eigenvalue weighted by Gasteiger charge is 2.43. The molecule has 0 aromatic rings. The Labute approximate surface area is 74.9 Å². The fraction of sp³-hybridized carbons (Fsp3) is 1.00. The molecule has 2 rings (SSSR count). The van der Waals surface area contributed by atoms with Crippen molar-refractivity contribution >= 4 is 0 Å². The minimum absolute atomic E-state index is 0.520. The first-order valence-corrected chi connectivity index (χ1v) is 4.92. The number of methoxy groups -OCH3 is 1. The Bertz CT molecular complexity index is 167. The fourth-order valence-electron chi connectivity index (χ4n) is 3.19. The maximum Gasteiger partial charge on any atom is 0.0531 e. The van der Waals surface area contributed by atoms with E-state index in [-0.39, 0.29) is 0 Å². The minimum Gasteiger partial charge on any atom is -0.384 e. The van der Waals surface area contributed by atoms with Gasteiger partial charge in [0.25, 0.3) is 0 Å². The van der Waals surface area contributed by atoms with Gasteiger partial charge in [0.2, 0.25) is 0 Å². The van der Waals surface area contributed by atoms with Crippen LogP contribution in [0.1, 0.15) is 19.3 Å². The molecule has 2 atom stereocenters. The predicted octanol–water partition coefficient (Wildman–Crippen LogP) is 1.36. The monoisotopic (exact) mass is 169 g/mol. The Kier molecular flexibility index (Phi) is 2.13. The van der Waals surface area contributed by atoms with Crippen molar-refractivity contribution in [2.45, 2.75) is 19.3 Å². The standard InChI is InChI=1S/C10H19NO/c1-11-6-9-3-4-10(5-9,7-11)8-12-2/h9H,3-8H2,1-2H3/t9?,10-/m0/s1. The molecule has 0 spiro atoms. The number of hydrogen-bond acceptors (Lipinski definition) is 2. The molecule has 0 radical (unpaired) electrons. The van der Waals surface area contributed by atoms with Crippen LogP contribution in [0.3, 0.4) is 0 Å². The molecule has 1 saturated heterocycles. The third-order valence-electron chi connectivity index (χ3n) is 3.43. The van der Waals surface area contributed by atoms with E-state index in [0.29, 0.717) is 5.41 Å². The van der Waals surface area contributed by atoms with Gasteiger partial charge in [0, 0.05) is 25.6 Å². The summed E-state index contributed by atoms with van der Waals surface area (Å²) in [6, 6.07) is 0. The van der Waals surface area contributed by atoms with Crippen LogP contribution in [0.5, 0.6) is 0 Å². The third-order valence-corrected chi connectivity index (χ3v) is 3.43. The summed E-state index contributed by atoms with van der Waals surface area (Å²) < 4.78 is 5.32. The first kappa shape index (κ1) is 8.52. The molecule has 2 fully saturated rings. The molecule has 1 saturated carbocycles. The second-order valence-corrected chi connectivity index (χ2v) is 4.74. The van der Waals surface area contributed by atoms with Crippen LogP contribution in [-0.2, 0) is 4.74 Å². The largest absolute Gasteiger partial charge is 0.384 e. The van der Waals surface area contributed by atoms with Gasteiger partial charge in [0.05, 0.1) is 6.61 Å². The summed E-state index contributed by atoms with van der Waals surface area (Å²) >= 11 is 0. The molecule has 0 amide bonds. The lowest BCUT2D eigenvalue weighted by atomic mass is 9.83. The van der Waals surface area contributed by atoms with Gasteiger partial charge >= 0.3 is 0 Å². The van der Waals surface area contributed by atoms with Gasteiger partial charge in [-0.3, -0.25) is 0 Å². The molecule has 2 heteroatoms. The molecule has 2 aliphatic rings. The Balaban J connectivity index is 2.05. The van der Waals surface area contributed by atoms with Gasteiger partial charge in [-0.05, 0) is 32.2 Å². The van der Waals surface area contributed by atoms with E-state index in [1.807, 2.05) is 7.11 Å². The van der Waals surface area contributed by atoms with Crippen LogP contribution >= 0.6 is 0 Å². The fourth-order valence-corrected chi connectivity index (χ4v) is 3.19. The highest BCUT2D eigenvalue weighted by molar-refractivity contribution is 4.95. The SMILES string of the molecule is COC[C@]12CCC(CN(C)C1)C2. The molecule has 70 valence electrons. The summed E-state index contributed by atoms with van der Waals surface area (Å²) in [5.41, 5.74) is 0.520. The molecule has 0 aromatic carbocycles. The molecule has 2 bridgehead atoms. The zero-order valence-corrected chi connectivity index (χ0v) is 8.18. The lowest BCUT2D eigenvalue weighted by Crippen LogP contribution is -2.42. The molecule has 1 heterocycles. The van der Waals surface area contributed by atoms with Gasteiger partial charge in [0.1, 0.15) is 0 Å². The summed E-state index contributed by atoms with van der Waals surface area (Å²) in [4.78, 5) is 2.47. The average molecular weight is 169 g/mol. The third kappa shape index (κ3) is 1.38. The normalized spacial score (nSPS) is 42.0. The lowest BCUT2D eigenvalue weighted by Gasteiger charge is -2.38. The van der Waals surface area contributed by atoms with Crippen LogP contribution in [0, 0.1) is 11.3 Å². The van der Waals surface area contributed by atoms with Crippen LogP contribution in [-0.4, -0.2) is 38.8 Å². The first-order chi connectivity index (χ1) is 5.74. The molecular weight excluding hydrogens is 150 g/mol. The molecule has 1 unspecified atom stereocenters. The lowest BCUT2D eigenvalue weighted by molar-refractivity contribution is 0.0316. The summed E-state index contributed by atoms with van der Waals surface area (Å²) in [5.74, 6) is 0.957. The molecule has 0 N–H and O–H groups in total. The van der Waals surface area contributed by atoms with Crippen molar-refractivity contribution in [3.05, 3.63) is 0 Å². The van der Waals surface area contributed by atoms with Crippen molar-refractivity contribution in [3.8, 4) is 0 Å². The highest BCUT2D eigenvalue weighted by atomic mass is 16.5. The number of rotatable bonds is 2. The maximum atomic E-state index is 5.32. The molecule has 1 aliphatic carbocycles. The first-order valence-electron chi connectivity index (χ1n) is 4.92. The van der Waals surface area contributed by atoms with Crippen LogP contribution in [0.15, 0.2) is 0 Å². The Morgan fingerprint density at radius 1 is 1.58 bits per heavy atom. The minimum atomic E-state index is 0.520. The zero-order chi connectivity index (χ0) is 8.60. The Morgan fingerprint density at radius 2 is 2.42 bits per heavy atom. The smallest absolute Gasteiger partial charge is 0.0531 e. The highest BCUT2D eigenvalue weighted by Crippen LogP contribution is 2.45. The number of likely N-dealkylation sites (tertiary alicyclic amines) is 1. The molecule has 12 heavy (non-hydrogen) atoms. The van der Waals surface area contributed by atoms with E-state index in [0.717, 1.165) is 12.5 Å². The summed E-state index contributed by atoms with van der Waals surface area (Å²) in [5, 5.41) is 0. The van der Waals surface area contributed by atoms with E-state index in [1.165, 1.54) is 32.4 Å². The maximum absolute atomic E-state index is 5.32. The number of hydrogen-bond donors (Lipinski definition) is 0. The zero-order valence-electron chi connectivity index (χ0n) is 8.18. The van der Waals surface area contributed by atoms with Gasteiger partial charge in [-0.15, -0.1) is 0 Å². The van der Waals surface area contributed by atoms with E-state index >= 15 is 0 Å². The van der Waals surface area contributed by atoms with Gasteiger partial charge in [-0.1, -0.05) is 0 Å². The Morgan fingerprint density at radius 3 is 3.17 bits per heavy atom. The second kappa shape index (κ2) is 3.00. The van der Waals surface area contributed by atoms with E-state index in [9.17, 15) is 0 Å². The van der Waals surface area contributed by atoms with E-state index in [2.05, 4.69) is 11.9 Å². The summed E-state index contributed by atoms with van der Waals surface area (Å²) in [6.45, 7) is 3.52. The van der Waals surface area contributed by atoms with Crippen LogP contribution in [0.25, 0.3) is 0 Å². The number of nitrogens with zero attached hydrogens (tertiary/aromatic N) is 1. The van der Waals surface area contributed by atoms with Crippen LogP contribution in [0.4, 0.5) is 0 Å². The molecule has 0 aromatic heterocycles. The summed E-state index contributed by atoms with van der Waals surface area (Å²) in [6.07, 6.45) is 4.22. The van der Waals surface area contributed by atoms with Crippen LogP contribution in [0.2, 0.25) is 0 Å². The molecular formula is C10H19NO. The van der Waals surface area contributed by atoms with Crippen molar-refractivity contribution in [1.29, 1.82) is 0 Å². The van der Waals surface area contributed by atoms with Crippen molar-refractivity contribution in [2.75, 3.05) is 33.9 Å². The predicted molar refractivity (Wildman–Crippen MR) is 49.1 cm³/mol. The van der Waals surface area contributed by atoms with E-state index in [1.54, 1.807) is 0 Å². The van der Waals surface area contributed by atoms with Crippen molar-refractivity contribution in [2.24, 2.45) is 11.3 Å². The topological polar surface area (TPSA) is 12.5 Å². The van der Waals surface area contributed by atoms with E-state index in [4.69, 9.17) is 4.74 Å². The van der Waals surface area contributed by atoms with Crippen molar-refractivity contribution in [3.63, 3.8) is 0 Å². The van der Waals surface area contributed by atoms with Gasteiger partial charge in [0.15, 0.2) is 0 Å². The number of piperidine rings is 1. The summed E-state index contributed by atoms with van der Waals surface area (Å²) in [7, 11) is 4.07. The van der Waals surface area contributed by atoms with Gasteiger partial charge < -0.3 is 9.64 Å². The van der Waals surface area contributed by atoms with Crippen molar-refractivity contribution < 1.29 is 4.74 Å². The number of fused-ring (bicyclic) bond motifs is 2. The van der Waals surface area contributed by atoms with Crippen molar-refractivity contribution in [1.82, 2.24) is 4.90 Å². The quantitative estimate of drug-likeness (QED) is 0.619. The Hall–Kier alpha value is -0.0800. The number of ether oxygens (including phenoxy) is 1. The van der Waals surface area contributed by atoms with Gasteiger partial charge in [-0.2, -0.15) is 0 Å². The van der Waals surface area contributed by atoms with E-state index < -0.39 is 0 Å². The molecule has 2 nitrogen and oxygen atoms in total.